The van der Waals surface area contributed by atoms with E-state index in [1.54, 1.807) is 0 Å². The van der Waals surface area contributed by atoms with E-state index in [9.17, 15) is 4.79 Å². The second-order valence-electron chi connectivity index (χ2n) is 9.20. The molecule has 0 atom stereocenters. The zero-order valence-corrected chi connectivity index (χ0v) is 17.9. The molecule has 1 aliphatic carbocycles. The van der Waals surface area contributed by atoms with Crippen LogP contribution >= 0.6 is 0 Å². The molecule has 158 valence electrons. The maximum atomic E-state index is 12.7. The van der Waals surface area contributed by atoms with E-state index in [1.807, 2.05) is 22.8 Å². The highest BCUT2D eigenvalue weighted by atomic mass is 16.1. The number of hydrogen-bond donors (Lipinski definition) is 1. The molecule has 4 heteroatoms. The number of imidazole rings is 1. The van der Waals surface area contributed by atoms with E-state index in [4.69, 9.17) is 0 Å². The minimum atomic E-state index is 0.0402. The summed E-state index contributed by atoms with van der Waals surface area (Å²) in [6.07, 6.45) is 11.3. The summed E-state index contributed by atoms with van der Waals surface area (Å²) in [6, 6.07) is 19.6. The summed E-state index contributed by atoms with van der Waals surface area (Å²) in [7, 11) is 0. The van der Waals surface area contributed by atoms with Crippen molar-refractivity contribution in [2.75, 3.05) is 13.1 Å². The van der Waals surface area contributed by atoms with Crippen LogP contribution in [0.5, 0.6) is 0 Å². The molecule has 1 aliphatic heterocycles. The highest BCUT2D eigenvalue weighted by molar-refractivity contribution is 5.75. The first-order valence-electron chi connectivity index (χ1n) is 11.8. The molecule has 0 radical (unpaired) electrons. The molecule has 0 unspecified atom stereocenters. The lowest BCUT2D eigenvalue weighted by molar-refractivity contribution is 0.0269. The van der Waals surface area contributed by atoms with Crippen LogP contribution in [-0.2, 0) is 5.54 Å². The van der Waals surface area contributed by atoms with Gasteiger partial charge in [0.1, 0.15) is 0 Å². The third kappa shape index (κ3) is 3.51. The number of nitrogens with zero attached hydrogens (tertiary/aromatic N) is 2. The molecule has 1 saturated heterocycles. The third-order valence-corrected chi connectivity index (χ3v) is 7.55. The number of benzene rings is 2. The van der Waals surface area contributed by atoms with Crippen molar-refractivity contribution in [2.45, 2.75) is 69.4 Å². The number of nitrogens with one attached hydrogen (secondary N) is 1. The van der Waals surface area contributed by atoms with Crippen molar-refractivity contribution < 1.29 is 0 Å². The Kier molecular flexibility index (Phi) is 5.51. The molecule has 4 nitrogen and oxygen atoms in total. The van der Waals surface area contributed by atoms with Gasteiger partial charge in [-0.2, -0.15) is 0 Å². The van der Waals surface area contributed by atoms with Gasteiger partial charge in [0.15, 0.2) is 0 Å². The van der Waals surface area contributed by atoms with E-state index in [0.717, 1.165) is 37.0 Å². The van der Waals surface area contributed by atoms with Crippen LogP contribution in [0.1, 0.15) is 69.4 Å². The number of aromatic nitrogens is 2. The molecule has 3 aromatic rings. The second kappa shape index (κ2) is 8.43. The van der Waals surface area contributed by atoms with Gasteiger partial charge in [-0.1, -0.05) is 74.6 Å². The van der Waals surface area contributed by atoms with Gasteiger partial charge >= 0.3 is 5.69 Å². The van der Waals surface area contributed by atoms with Crippen LogP contribution in [0.3, 0.4) is 0 Å². The van der Waals surface area contributed by atoms with Gasteiger partial charge in [-0.15, -0.1) is 0 Å². The minimum absolute atomic E-state index is 0.0402. The zero-order chi connectivity index (χ0) is 20.4. The van der Waals surface area contributed by atoms with Gasteiger partial charge in [0.25, 0.3) is 0 Å². The Morgan fingerprint density at radius 3 is 2.17 bits per heavy atom. The molecule has 2 aliphatic rings. The van der Waals surface area contributed by atoms with Gasteiger partial charge < -0.3 is 4.98 Å². The van der Waals surface area contributed by atoms with Crippen molar-refractivity contribution in [1.29, 1.82) is 0 Å². The van der Waals surface area contributed by atoms with Gasteiger partial charge in [-0.05, 0) is 43.4 Å². The summed E-state index contributed by atoms with van der Waals surface area (Å²) in [5, 5.41) is 0. The molecule has 0 bridgehead atoms. The summed E-state index contributed by atoms with van der Waals surface area (Å²) in [6.45, 7) is 2.12. The Bertz CT molecular complexity index is 1020. The van der Waals surface area contributed by atoms with Crippen molar-refractivity contribution in [3.05, 3.63) is 70.6 Å². The van der Waals surface area contributed by atoms with Crippen molar-refractivity contribution >= 4 is 11.0 Å². The number of fused-ring (bicyclic) bond motifs is 1. The van der Waals surface area contributed by atoms with E-state index in [0.29, 0.717) is 0 Å². The summed E-state index contributed by atoms with van der Waals surface area (Å²) < 4.78 is 2.01. The molecule has 2 heterocycles. The fraction of sp³-hybridized carbons (Fsp3) is 0.500. The average Bonchev–Trinajstić information content (AvgIpc) is 3.11. The monoisotopic (exact) mass is 403 g/mol. The zero-order valence-electron chi connectivity index (χ0n) is 17.9. The van der Waals surface area contributed by atoms with Crippen LogP contribution in [0.2, 0.25) is 0 Å². The first-order chi connectivity index (χ1) is 14.8. The van der Waals surface area contributed by atoms with E-state index in [1.165, 1.54) is 50.5 Å². The van der Waals surface area contributed by atoms with Crippen molar-refractivity contribution in [3.63, 3.8) is 0 Å². The van der Waals surface area contributed by atoms with Crippen LogP contribution < -0.4 is 5.69 Å². The van der Waals surface area contributed by atoms with Gasteiger partial charge in [-0.3, -0.25) is 9.47 Å². The highest BCUT2D eigenvalue weighted by Crippen LogP contribution is 2.43. The normalized spacial score (nSPS) is 21.3. The Balaban J connectivity index is 1.42. The molecule has 5 rings (SSSR count). The highest BCUT2D eigenvalue weighted by Gasteiger charge is 2.40. The van der Waals surface area contributed by atoms with Crippen molar-refractivity contribution in [1.82, 2.24) is 14.5 Å². The first-order valence-corrected chi connectivity index (χ1v) is 11.8. The lowest BCUT2D eigenvalue weighted by atomic mass is 9.76. The van der Waals surface area contributed by atoms with E-state index < -0.39 is 0 Å². The molecule has 1 saturated carbocycles. The SMILES string of the molecule is O=c1[nH]c2ccccc2n1C1CCN(C2(c3ccccc3)CCCCCCC2)CC1. The number of rotatable bonds is 3. The molecule has 30 heavy (non-hydrogen) atoms. The van der Waals surface area contributed by atoms with Gasteiger partial charge in [0.05, 0.1) is 11.0 Å². The number of likely N-dealkylation sites (tertiary alicyclic amines) is 1. The summed E-state index contributed by atoms with van der Waals surface area (Å²) in [5.74, 6) is 0. The number of hydrogen-bond acceptors (Lipinski definition) is 2. The summed E-state index contributed by atoms with van der Waals surface area (Å²) in [4.78, 5) is 18.5. The number of piperidine rings is 1. The molecule has 0 spiro atoms. The smallest absolute Gasteiger partial charge is 0.306 e. The second-order valence-corrected chi connectivity index (χ2v) is 9.20. The third-order valence-electron chi connectivity index (χ3n) is 7.55. The lowest BCUT2D eigenvalue weighted by Gasteiger charge is -2.49. The number of H-pyrrole nitrogens is 1. The Morgan fingerprint density at radius 2 is 1.43 bits per heavy atom. The van der Waals surface area contributed by atoms with Crippen LogP contribution in [0.25, 0.3) is 11.0 Å². The topological polar surface area (TPSA) is 41.0 Å². The number of para-hydroxylation sites is 2. The molecule has 0 amide bonds. The number of aromatic amines is 1. The Morgan fingerprint density at radius 1 is 0.800 bits per heavy atom. The average molecular weight is 404 g/mol. The first kappa shape index (κ1) is 19.6. The largest absolute Gasteiger partial charge is 0.326 e. The van der Waals surface area contributed by atoms with E-state index >= 15 is 0 Å². The van der Waals surface area contributed by atoms with Gasteiger partial charge in [-0.25, -0.2) is 4.79 Å². The predicted octanol–water partition coefficient (Wildman–Crippen LogP) is 5.61. The fourth-order valence-electron chi connectivity index (χ4n) is 6.01. The van der Waals surface area contributed by atoms with Crippen molar-refractivity contribution in [2.24, 2.45) is 0 Å². The maximum Gasteiger partial charge on any atom is 0.326 e. The predicted molar refractivity (Wildman–Crippen MR) is 123 cm³/mol. The maximum absolute atomic E-state index is 12.7. The van der Waals surface area contributed by atoms with E-state index in [2.05, 4.69) is 46.3 Å². The van der Waals surface area contributed by atoms with Crippen LogP contribution in [0.15, 0.2) is 59.4 Å². The van der Waals surface area contributed by atoms with Gasteiger partial charge in [0, 0.05) is 24.7 Å². The minimum Gasteiger partial charge on any atom is -0.306 e. The van der Waals surface area contributed by atoms with Crippen LogP contribution in [0, 0.1) is 0 Å². The molecule has 1 aromatic heterocycles. The summed E-state index contributed by atoms with van der Waals surface area (Å²) >= 11 is 0. The molecule has 2 fully saturated rings. The fourth-order valence-corrected chi connectivity index (χ4v) is 6.01. The Hall–Kier alpha value is -2.33. The quantitative estimate of drug-likeness (QED) is 0.618. The summed E-state index contributed by atoms with van der Waals surface area (Å²) in [5.41, 5.74) is 3.70. The van der Waals surface area contributed by atoms with Crippen LogP contribution in [-0.4, -0.2) is 27.5 Å². The van der Waals surface area contributed by atoms with Crippen molar-refractivity contribution in [3.8, 4) is 0 Å². The molecule has 2 aromatic carbocycles. The molecule has 1 N–H and O–H groups in total. The van der Waals surface area contributed by atoms with Gasteiger partial charge in [0.2, 0.25) is 0 Å². The standard InChI is InChI=1S/C26H33N3O/c30-25-27-23-13-7-8-14-24(23)29(25)22-15-19-28(20-16-22)26(21-11-5-4-6-12-21)17-9-2-1-3-10-18-26/h4-8,11-14,22H,1-3,9-10,15-20H2,(H,27,30). The van der Waals surface area contributed by atoms with E-state index in [-0.39, 0.29) is 17.3 Å². The molecular weight excluding hydrogens is 370 g/mol. The lowest BCUT2D eigenvalue weighted by Crippen LogP contribution is -2.50. The van der Waals surface area contributed by atoms with Crippen LogP contribution in [0.4, 0.5) is 0 Å². The molecular formula is C26H33N3O. The Labute approximate surface area is 178 Å².